The molecule has 0 amide bonds. The van der Waals surface area contributed by atoms with Crippen LogP contribution in [0.15, 0.2) is 18.2 Å². The van der Waals surface area contributed by atoms with Gasteiger partial charge in [0.2, 0.25) is 0 Å². The van der Waals surface area contributed by atoms with Crippen molar-refractivity contribution in [2.45, 2.75) is 31.6 Å². The Bertz CT molecular complexity index is 455. The number of para-hydroxylation sites is 1. The predicted molar refractivity (Wildman–Crippen MR) is 66.3 cm³/mol. The molecule has 1 saturated carbocycles. The molecule has 0 radical (unpaired) electrons. The fourth-order valence-corrected chi connectivity index (χ4v) is 2.92. The third-order valence-electron chi connectivity index (χ3n) is 4.08. The van der Waals surface area contributed by atoms with Crippen molar-refractivity contribution in [1.82, 2.24) is 0 Å². The maximum absolute atomic E-state index is 10.9. The van der Waals surface area contributed by atoms with Crippen LogP contribution in [0.3, 0.4) is 0 Å². The second-order valence-corrected chi connectivity index (χ2v) is 5.11. The molecule has 17 heavy (non-hydrogen) atoms. The number of rotatable bonds is 3. The highest BCUT2D eigenvalue weighted by Gasteiger charge is 2.31. The lowest BCUT2D eigenvalue weighted by Crippen LogP contribution is -2.16. The summed E-state index contributed by atoms with van der Waals surface area (Å²) >= 11 is 0. The molecule has 1 N–H and O–H groups in total. The zero-order valence-corrected chi connectivity index (χ0v) is 9.69. The summed E-state index contributed by atoms with van der Waals surface area (Å²) in [5.74, 6) is 1.31. The number of nitrogens with one attached hydrogen (secondary N) is 1. The Balaban J connectivity index is 1.86. The third-order valence-corrected chi connectivity index (χ3v) is 4.08. The maximum Gasteiger partial charge on any atom is 0.292 e. The second kappa shape index (κ2) is 4.02. The maximum atomic E-state index is 10.9. The Morgan fingerprint density at radius 3 is 2.88 bits per heavy atom. The van der Waals surface area contributed by atoms with Gasteiger partial charge in [-0.25, -0.2) is 0 Å². The van der Waals surface area contributed by atoms with Crippen LogP contribution in [0.1, 0.15) is 37.2 Å². The van der Waals surface area contributed by atoms with Crippen molar-refractivity contribution in [3.63, 3.8) is 0 Å². The van der Waals surface area contributed by atoms with Crippen molar-refractivity contribution in [2.75, 3.05) is 11.9 Å². The van der Waals surface area contributed by atoms with Gasteiger partial charge < -0.3 is 5.32 Å². The average Bonchev–Trinajstić information content (AvgIpc) is 2.66. The van der Waals surface area contributed by atoms with Crippen LogP contribution in [0.4, 0.5) is 11.4 Å². The first-order valence-corrected chi connectivity index (χ1v) is 6.27. The molecule has 1 heterocycles. The Morgan fingerprint density at radius 1 is 1.41 bits per heavy atom. The number of hydrogen-bond donors (Lipinski definition) is 1. The zero-order valence-electron chi connectivity index (χ0n) is 9.69. The van der Waals surface area contributed by atoms with E-state index in [-0.39, 0.29) is 10.6 Å². The summed E-state index contributed by atoms with van der Waals surface area (Å²) in [7, 11) is 0. The molecule has 1 aliphatic heterocycles. The van der Waals surface area contributed by atoms with Crippen molar-refractivity contribution in [3.05, 3.63) is 33.9 Å². The molecule has 0 bridgehead atoms. The van der Waals surface area contributed by atoms with Gasteiger partial charge >= 0.3 is 0 Å². The van der Waals surface area contributed by atoms with Crippen LogP contribution in [0.5, 0.6) is 0 Å². The standard InChI is InChI=1S/C13H16N2O2/c16-15(17)12-6-2-5-11-10(8-14-13(11)12)7-9-3-1-4-9/h2,5-6,9-10,14H,1,3-4,7-8H2. The molecule has 1 fully saturated rings. The molecule has 2 aliphatic rings. The minimum atomic E-state index is -0.294. The van der Waals surface area contributed by atoms with E-state index in [4.69, 9.17) is 0 Å². The monoisotopic (exact) mass is 232 g/mol. The molecule has 1 aromatic carbocycles. The van der Waals surface area contributed by atoms with Crippen molar-refractivity contribution < 1.29 is 4.92 Å². The molecule has 4 nitrogen and oxygen atoms in total. The molecule has 1 atom stereocenters. The first-order valence-electron chi connectivity index (χ1n) is 6.27. The first-order chi connectivity index (χ1) is 8.25. The van der Waals surface area contributed by atoms with E-state index in [0.717, 1.165) is 23.7 Å². The molecule has 4 heteroatoms. The molecular weight excluding hydrogens is 216 g/mol. The molecule has 90 valence electrons. The SMILES string of the molecule is O=[N+]([O-])c1cccc2c1NCC2CC1CCC1. The lowest BCUT2D eigenvalue weighted by Gasteiger charge is -2.27. The van der Waals surface area contributed by atoms with Gasteiger partial charge in [0.15, 0.2) is 0 Å². The van der Waals surface area contributed by atoms with E-state index in [9.17, 15) is 10.1 Å². The van der Waals surface area contributed by atoms with Gasteiger partial charge in [-0.3, -0.25) is 10.1 Å². The van der Waals surface area contributed by atoms with Crippen LogP contribution in [-0.4, -0.2) is 11.5 Å². The van der Waals surface area contributed by atoms with Crippen LogP contribution in [0.25, 0.3) is 0 Å². The van der Waals surface area contributed by atoms with Crippen molar-refractivity contribution >= 4 is 11.4 Å². The van der Waals surface area contributed by atoms with Crippen molar-refractivity contribution in [2.24, 2.45) is 5.92 Å². The van der Waals surface area contributed by atoms with Gasteiger partial charge in [-0.15, -0.1) is 0 Å². The Kier molecular flexibility index (Phi) is 2.50. The number of fused-ring (bicyclic) bond motifs is 1. The van der Waals surface area contributed by atoms with Gasteiger partial charge in [0.25, 0.3) is 5.69 Å². The number of nitro benzene ring substituents is 1. The largest absolute Gasteiger partial charge is 0.379 e. The highest BCUT2D eigenvalue weighted by Crippen LogP contribution is 2.43. The van der Waals surface area contributed by atoms with Gasteiger partial charge in [0.05, 0.1) is 4.92 Å². The summed E-state index contributed by atoms with van der Waals surface area (Å²) < 4.78 is 0. The number of hydrogen-bond acceptors (Lipinski definition) is 3. The minimum absolute atomic E-state index is 0.221. The molecule has 1 aliphatic carbocycles. The summed E-state index contributed by atoms with van der Waals surface area (Å²) in [5.41, 5.74) is 2.12. The summed E-state index contributed by atoms with van der Waals surface area (Å²) in [5, 5.41) is 14.1. The van der Waals surface area contributed by atoms with Gasteiger partial charge in [0, 0.05) is 18.5 Å². The van der Waals surface area contributed by atoms with E-state index in [0.29, 0.717) is 5.92 Å². The molecule has 3 rings (SSSR count). The Hall–Kier alpha value is -1.58. The molecule has 1 unspecified atom stereocenters. The summed E-state index contributed by atoms with van der Waals surface area (Å²) in [4.78, 5) is 10.6. The van der Waals surface area contributed by atoms with Crippen LogP contribution in [-0.2, 0) is 0 Å². The van der Waals surface area contributed by atoms with E-state index in [1.807, 2.05) is 6.07 Å². The summed E-state index contributed by atoms with van der Waals surface area (Å²) in [6.45, 7) is 0.858. The smallest absolute Gasteiger partial charge is 0.292 e. The topological polar surface area (TPSA) is 55.2 Å². The molecular formula is C13H16N2O2. The van der Waals surface area contributed by atoms with Gasteiger partial charge in [-0.05, 0) is 17.9 Å². The average molecular weight is 232 g/mol. The second-order valence-electron chi connectivity index (χ2n) is 5.11. The van der Waals surface area contributed by atoms with Crippen LogP contribution in [0, 0.1) is 16.0 Å². The van der Waals surface area contributed by atoms with E-state index in [1.165, 1.54) is 25.7 Å². The van der Waals surface area contributed by atoms with Gasteiger partial charge in [0.1, 0.15) is 5.69 Å². The van der Waals surface area contributed by atoms with Crippen LogP contribution >= 0.6 is 0 Å². The first kappa shape index (κ1) is 10.6. The van der Waals surface area contributed by atoms with Crippen LogP contribution < -0.4 is 5.32 Å². The molecule has 1 aromatic rings. The fraction of sp³-hybridized carbons (Fsp3) is 0.538. The molecule has 0 saturated heterocycles. The Morgan fingerprint density at radius 2 is 2.24 bits per heavy atom. The highest BCUT2D eigenvalue weighted by atomic mass is 16.6. The summed E-state index contributed by atoms with van der Waals surface area (Å²) in [6, 6.07) is 5.42. The lowest BCUT2D eigenvalue weighted by atomic mass is 9.78. The van der Waals surface area contributed by atoms with Gasteiger partial charge in [-0.2, -0.15) is 0 Å². The van der Waals surface area contributed by atoms with E-state index < -0.39 is 0 Å². The number of benzene rings is 1. The van der Waals surface area contributed by atoms with E-state index >= 15 is 0 Å². The number of anilines is 1. The Labute approximate surface area is 100 Å². The normalized spacial score (nSPS) is 22.7. The summed E-state index contributed by atoms with van der Waals surface area (Å²) in [6.07, 6.45) is 5.20. The third kappa shape index (κ3) is 1.77. The van der Waals surface area contributed by atoms with Crippen molar-refractivity contribution in [3.8, 4) is 0 Å². The lowest BCUT2D eigenvalue weighted by molar-refractivity contribution is -0.383. The zero-order chi connectivity index (χ0) is 11.8. The predicted octanol–water partition coefficient (Wildman–Crippen LogP) is 3.29. The quantitative estimate of drug-likeness (QED) is 0.642. The van der Waals surface area contributed by atoms with Crippen molar-refractivity contribution in [1.29, 1.82) is 0 Å². The van der Waals surface area contributed by atoms with Crippen LogP contribution in [0.2, 0.25) is 0 Å². The van der Waals surface area contributed by atoms with E-state index in [1.54, 1.807) is 12.1 Å². The molecule has 0 spiro atoms. The molecule has 0 aromatic heterocycles. The fourth-order valence-electron chi connectivity index (χ4n) is 2.92. The number of nitrogens with zero attached hydrogens (tertiary/aromatic N) is 1. The van der Waals surface area contributed by atoms with Gasteiger partial charge in [-0.1, -0.05) is 31.4 Å². The van der Waals surface area contributed by atoms with E-state index in [2.05, 4.69) is 5.32 Å². The highest BCUT2D eigenvalue weighted by molar-refractivity contribution is 5.70. The number of nitro groups is 1. The minimum Gasteiger partial charge on any atom is -0.379 e.